The first-order valence-corrected chi connectivity index (χ1v) is 8.57. The molecule has 0 heteroatoms. The highest BCUT2D eigenvalue weighted by molar-refractivity contribution is 4.98. The Labute approximate surface area is 122 Å². The summed E-state index contributed by atoms with van der Waals surface area (Å²) in [7, 11) is 0. The van der Waals surface area contributed by atoms with Crippen molar-refractivity contribution in [3.05, 3.63) is 24.3 Å². The Morgan fingerprint density at radius 2 is 1.32 bits per heavy atom. The van der Waals surface area contributed by atoms with Crippen molar-refractivity contribution in [3.63, 3.8) is 0 Å². The van der Waals surface area contributed by atoms with Crippen molar-refractivity contribution in [2.24, 2.45) is 0 Å². The highest BCUT2D eigenvalue weighted by atomic mass is 14.0. The van der Waals surface area contributed by atoms with Crippen LogP contribution in [0.5, 0.6) is 0 Å². The second-order valence-corrected chi connectivity index (χ2v) is 5.85. The third kappa shape index (κ3) is 15.4. The molecule has 0 aliphatic carbocycles. The van der Waals surface area contributed by atoms with E-state index in [-0.39, 0.29) is 0 Å². The Morgan fingerprint density at radius 1 is 0.789 bits per heavy atom. The van der Waals surface area contributed by atoms with Gasteiger partial charge in [0.25, 0.3) is 0 Å². The molecule has 0 aliphatic heterocycles. The van der Waals surface area contributed by atoms with E-state index >= 15 is 0 Å². The zero-order chi connectivity index (χ0) is 14.2. The van der Waals surface area contributed by atoms with Gasteiger partial charge in [-0.05, 0) is 32.6 Å². The Balaban J connectivity index is 3.16. The Bertz CT molecular complexity index is 212. The van der Waals surface area contributed by atoms with Gasteiger partial charge in [-0.3, -0.25) is 0 Å². The smallest absolute Gasteiger partial charge is 0.0288 e. The largest absolute Gasteiger partial charge is 0.103 e. The van der Waals surface area contributed by atoms with E-state index in [1.807, 2.05) is 6.08 Å². The predicted octanol–water partition coefficient (Wildman–Crippen LogP) is 7.21. The van der Waals surface area contributed by atoms with Crippen molar-refractivity contribution in [2.45, 2.75) is 97.3 Å². The lowest BCUT2D eigenvalue weighted by Crippen LogP contribution is -1.82. The third-order valence-corrected chi connectivity index (χ3v) is 3.79. The van der Waals surface area contributed by atoms with Gasteiger partial charge >= 0.3 is 0 Å². The van der Waals surface area contributed by atoms with E-state index in [1.54, 1.807) is 0 Å². The summed E-state index contributed by atoms with van der Waals surface area (Å²) in [5.74, 6) is 0. The molecule has 0 aliphatic rings. The van der Waals surface area contributed by atoms with Gasteiger partial charge in [0.2, 0.25) is 0 Å². The van der Waals surface area contributed by atoms with Gasteiger partial charge < -0.3 is 0 Å². The van der Waals surface area contributed by atoms with Crippen LogP contribution in [0, 0.1) is 0 Å². The SMILES string of the molecule is C=CCC/C(C)=C/CCCCCCCCCCCC. The van der Waals surface area contributed by atoms with Crippen molar-refractivity contribution in [3.8, 4) is 0 Å². The van der Waals surface area contributed by atoms with Crippen molar-refractivity contribution >= 4 is 0 Å². The quantitative estimate of drug-likeness (QED) is 0.230. The minimum absolute atomic E-state index is 1.13. The van der Waals surface area contributed by atoms with E-state index < -0.39 is 0 Å². The lowest BCUT2D eigenvalue weighted by atomic mass is 10.0. The molecule has 0 aromatic heterocycles. The second-order valence-electron chi connectivity index (χ2n) is 5.85. The maximum atomic E-state index is 3.77. The van der Waals surface area contributed by atoms with Gasteiger partial charge in [0.1, 0.15) is 0 Å². The maximum absolute atomic E-state index is 3.77. The van der Waals surface area contributed by atoms with Crippen LogP contribution in [0.15, 0.2) is 24.3 Å². The van der Waals surface area contributed by atoms with Gasteiger partial charge in [-0.25, -0.2) is 0 Å². The van der Waals surface area contributed by atoms with Gasteiger partial charge in [0, 0.05) is 0 Å². The summed E-state index contributed by atoms with van der Waals surface area (Å²) < 4.78 is 0. The number of rotatable bonds is 14. The molecule has 19 heavy (non-hydrogen) atoms. The maximum Gasteiger partial charge on any atom is -0.0288 e. The van der Waals surface area contributed by atoms with Crippen LogP contribution >= 0.6 is 0 Å². The van der Waals surface area contributed by atoms with Crippen LogP contribution in [0.2, 0.25) is 0 Å². The summed E-state index contributed by atoms with van der Waals surface area (Å²) in [5, 5.41) is 0. The minimum atomic E-state index is 1.13. The number of hydrogen-bond acceptors (Lipinski definition) is 0. The first kappa shape index (κ1) is 18.5. The molecule has 0 fully saturated rings. The molecule has 0 spiro atoms. The molecule has 0 radical (unpaired) electrons. The van der Waals surface area contributed by atoms with E-state index in [2.05, 4.69) is 26.5 Å². The van der Waals surface area contributed by atoms with Crippen LogP contribution in [0.25, 0.3) is 0 Å². The highest BCUT2D eigenvalue weighted by Crippen LogP contribution is 2.12. The van der Waals surface area contributed by atoms with Gasteiger partial charge in [-0.2, -0.15) is 0 Å². The van der Waals surface area contributed by atoms with Crippen molar-refractivity contribution in [2.75, 3.05) is 0 Å². The fourth-order valence-corrected chi connectivity index (χ4v) is 2.41. The van der Waals surface area contributed by atoms with Crippen LogP contribution in [-0.2, 0) is 0 Å². The standard InChI is InChI=1S/C19H36/c1-4-6-8-9-10-11-12-13-14-15-16-18-19(3)17-7-5-2/h5,18H,2,4,6-17H2,1,3H3/b19-18+. The summed E-state index contributed by atoms with van der Waals surface area (Å²) >= 11 is 0. The van der Waals surface area contributed by atoms with Gasteiger partial charge in [0.15, 0.2) is 0 Å². The van der Waals surface area contributed by atoms with E-state index in [1.165, 1.54) is 82.6 Å². The van der Waals surface area contributed by atoms with E-state index in [0.717, 1.165) is 6.42 Å². The van der Waals surface area contributed by atoms with E-state index in [4.69, 9.17) is 0 Å². The predicted molar refractivity (Wildman–Crippen MR) is 89.6 cm³/mol. The van der Waals surface area contributed by atoms with Crippen LogP contribution in [0.4, 0.5) is 0 Å². The molecule has 0 rings (SSSR count). The summed E-state index contributed by atoms with van der Waals surface area (Å²) in [6, 6.07) is 0. The Morgan fingerprint density at radius 3 is 1.84 bits per heavy atom. The molecule has 0 N–H and O–H groups in total. The van der Waals surface area contributed by atoms with E-state index in [9.17, 15) is 0 Å². The van der Waals surface area contributed by atoms with Crippen LogP contribution in [0.3, 0.4) is 0 Å². The van der Waals surface area contributed by atoms with Crippen LogP contribution in [-0.4, -0.2) is 0 Å². The summed E-state index contributed by atoms with van der Waals surface area (Å²) in [4.78, 5) is 0. The number of allylic oxidation sites excluding steroid dienone is 3. The second kappa shape index (κ2) is 15.5. The summed E-state index contributed by atoms with van der Waals surface area (Å²) in [6.07, 6.45) is 22.3. The zero-order valence-electron chi connectivity index (χ0n) is 13.6. The summed E-state index contributed by atoms with van der Waals surface area (Å²) in [6.45, 7) is 8.30. The monoisotopic (exact) mass is 264 g/mol. The van der Waals surface area contributed by atoms with Crippen LogP contribution < -0.4 is 0 Å². The molecule has 0 nitrogen and oxygen atoms in total. The molecule has 0 atom stereocenters. The fourth-order valence-electron chi connectivity index (χ4n) is 2.41. The number of unbranched alkanes of at least 4 members (excludes halogenated alkanes) is 10. The average molecular weight is 264 g/mol. The van der Waals surface area contributed by atoms with Gasteiger partial charge in [-0.1, -0.05) is 82.4 Å². The molecule has 0 aromatic rings. The van der Waals surface area contributed by atoms with Crippen molar-refractivity contribution in [1.29, 1.82) is 0 Å². The molecule has 0 heterocycles. The van der Waals surface area contributed by atoms with Crippen molar-refractivity contribution < 1.29 is 0 Å². The molecule has 0 bridgehead atoms. The first-order valence-electron chi connectivity index (χ1n) is 8.57. The Kier molecular flexibility index (Phi) is 15.1. The molecule has 112 valence electrons. The van der Waals surface area contributed by atoms with Crippen LogP contribution in [0.1, 0.15) is 97.3 Å². The highest BCUT2D eigenvalue weighted by Gasteiger charge is 1.92. The molecular weight excluding hydrogens is 228 g/mol. The molecule has 0 saturated carbocycles. The summed E-state index contributed by atoms with van der Waals surface area (Å²) in [5.41, 5.74) is 1.54. The first-order chi connectivity index (χ1) is 9.31. The van der Waals surface area contributed by atoms with Gasteiger partial charge in [0.05, 0.1) is 0 Å². The fraction of sp³-hybridized carbons (Fsp3) is 0.789. The molecule has 0 saturated heterocycles. The molecule has 0 unspecified atom stereocenters. The van der Waals surface area contributed by atoms with E-state index in [0.29, 0.717) is 0 Å². The minimum Gasteiger partial charge on any atom is -0.103 e. The molecular formula is C19H36. The topological polar surface area (TPSA) is 0 Å². The lowest BCUT2D eigenvalue weighted by molar-refractivity contribution is 0.557. The normalized spacial score (nSPS) is 11.8. The number of hydrogen-bond donors (Lipinski definition) is 0. The Hall–Kier alpha value is -0.520. The molecule has 0 amide bonds. The lowest BCUT2D eigenvalue weighted by Gasteiger charge is -2.02. The average Bonchev–Trinajstić information content (AvgIpc) is 2.42. The zero-order valence-corrected chi connectivity index (χ0v) is 13.6. The third-order valence-electron chi connectivity index (χ3n) is 3.79. The molecule has 0 aromatic carbocycles. The van der Waals surface area contributed by atoms with Gasteiger partial charge in [-0.15, -0.1) is 6.58 Å². The van der Waals surface area contributed by atoms with Crippen molar-refractivity contribution in [1.82, 2.24) is 0 Å².